The maximum atomic E-state index is 12.4. The summed E-state index contributed by atoms with van der Waals surface area (Å²) in [6, 6.07) is 3.78. The third-order valence-corrected chi connectivity index (χ3v) is 1.45. The van der Waals surface area contributed by atoms with Gasteiger partial charge in [0.15, 0.2) is 17.8 Å². The minimum atomic E-state index is -3.39. The van der Waals surface area contributed by atoms with E-state index in [0.29, 0.717) is 13.2 Å². The molecule has 1 N–H and O–H groups in total. The average molecular weight is 202 g/mol. The fraction of sp³-hybridized carbons (Fsp3) is 0.222. The second-order valence-electron chi connectivity index (χ2n) is 2.72. The first kappa shape index (κ1) is 10.4. The Hall–Kier alpha value is -1.65. The van der Waals surface area contributed by atoms with Gasteiger partial charge in [0.1, 0.15) is 0 Å². The summed E-state index contributed by atoms with van der Waals surface area (Å²) in [5.74, 6) is -0.994. The van der Waals surface area contributed by atoms with E-state index in [1.54, 1.807) is 0 Å². The number of carbonyl (C=O) groups excluding carboxylic acids is 1. The van der Waals surface area contributed by atoms with E-state index in [9.17, 15) is 18.7 Å². The number of carbonyl (C=O) groups is 1. The summed E-state index contributed by atoms with van der Waals surface area (Å²) in [6.07, 6.45) is -3.03. The molecule has 0 atom stereocenters. The van der Waals surface area contributed by atoms with Crippen molar-refractivity contribution in [2.75, 3.05) is 0 Å². The van der Waals surface area contributed by atoms with E-state index in [4.69, 9.17) is 0 Å². The van der Waals surface area contributed by atoms with E-state index >= 15 is 0 Å². The average Bonchev–Trinajstić information content (AvgIpc) is 2.06. The smallest absolute Gasteiger partial charge is 0.395 e. The summed E-state index contributed by atoms with van der Waals surface area (Å²) in [6.45, 7) is 0.542. The monoisotopic (exact) mass is 202 g/mol. The van der Waals surface area contributed by atoms with Crippen molar-refractivity contribution >= 4 is 6.29 Å². The Bertz CT molecular complexity index is 344. The van der Waals surface area contributed by atoms with Gasteiger partial charge < -0.3 is 9.84 Å². The van der Waals surface area contributed by atoms with Crippen LogP contribution in [0.3, 0.4) is 0 Å². The molecule has 0 radical (unpaired) electrons. The molecule has 0 aliphatic rings. The summed E-state index contributed by atoms with van der Waals surface area (Å²) in [5.41, 5.74) is -0.0910. The normalized spacial score (nSPS) is 11.1. The summed E-state index contributed by atoms with van der Waals surface area (Å²) < 4.78 is 28.9. The number of alkyl halides is 2. The number of ether oxygens (including phenoxy) is 1. The molecule has 0 aliphatic carbocycles. The molecule has 0 unspecified atom stereocenters. The predicted octanol–water partition coefficient (Wildman–Crippen LogP) is 2.20. The lowest BCUT2D eigenvalue weighted by Gasteiger charge is -2.14. The van der Waals surface area contributed by atoms with Crippen molar-refractivity contribution < 1.29 is 23.4 Å². The summed E-state index contributed by atoms with van der Waals surface area (Å²) in [5, 5.41) is 9.26. The van der Waals surface area contributed by atoms with E-state index < -0.39 is 17.6 Å². The van der Waals surface area contributed by atoms with Crippen LogP contribution in [-0.2, 0) is 0 Å². The Kier molecular flexibility index (Phi) is 2.69. The van der Waals surface area contributed by atoms with Gasteiger partial charge in [0.05, 0.1) is 5.56 Å². The van der Waals surface area contributed by atoms with E-state index in [-0.39, 0.29) is 5.56 Å². The van der Waals surface area contributed by atoms with Crippen LogP contribution in [0.4, 0.5) is 8.78 Å². The zero-order chi connectivity index (χ0) is 10.8. The molecule has 3 nitrogen and oxygen atoms in total. The third kappa shape index (κ3) is 2.42. The third-order valence-electron chi connectivity index (χ3n) is 1.45. The lowest BCUT2D eigenvalue weighted by Crippen LogP contribution is -2.19. The highest BCUT2D eigenvalue weighted by atomic mass is 19.3. The summed E-state index contributed by atoms with van der Waals surface area (Å²) in [4.78, 5) is 10.3. The zero-order valence-electron chi connectivity index (χ0n) is 7.33. The van der Waals surface area contributed by atoms with Crippen LogP contribution in [0.2, 0.25) is 0 Å². The summed E-state index contributed by atoms with van der Waals surface area (Å²) >= 11 is 0. The Morgan fingerprint density at radius 2 is 2.14 bits per heavy atom. The van der Waals surface area contributed by atoms with Gasteiger partial charge in [-0.2, -0.15) is 8.78 Å². The molecule has 0 saturated carbocycles. The SMILES string of the molecule is CC(F)(F)Oc1cccc(C=O)c1O. The lowest BCUT2D eigenvalue weighted by molar-refractivity contribution is -0.159. The first-order valence-electron chi connectivity index (χ1n) is 3.78. The van der Waals surface area contributed by atoms with Gasteiger partial charge in [-0.25, -0.2) is 0 Å². The highest BCUT2D eigenvalue weighted by Crippen LogP contribution is 2.32. The van der Waals surface area contributed by atoms with Gasteiger partial charge in [-0.1, -0.05) is 6.07 Å². The largest absolute Gasteiger partial charge is 0.504 e. The van der Waals surface area contributed by atoms with Crippen LogP contribution in [0, 0.1) is 0 Å². The maximum absolute atomic E-state index is 12.4. The fourth-order valence-corrected chi connectivity index (χ4v) is 0.910. The minimum absolute atomic E-state index is 0.0910. The van der Waals surface area contributed by atoms with Gasteiger partial charge in [-0.3, -0.25) is 4.79 Å². The van der Waals surface area contributed by atoms with E-state index in [1.165, 1.54) is 12.1 Å². The number of hydrogen-bond acceptors (Lipinski definition) is 3. The van der Waals surface area contributed by atoms with Gasteiger partial charge in [0.2, 0.25) is 0 Å². The highest BCUT2D eigenvalue weighted by molar-refractivity contribution is 5.80. The molecule has 0 bridgehead atoms. The molecular weight excluding hydrogens is 194 g/mol. The van der Waals surface area contributed by atoms with Crippen LogP contribution in [0.25, 0.3) is 0 Å². The van der Waals surface area contributed by atoms with Crippen LogP contribution in [0.1, 0.15) is 17.3 Å². The minimum Gasteiger partial charge on any atom is -0.504 e. The molecule has 1 aromatic carbocycles. The fourth-order valence-electron chi connectivity index (χ4n) is 0.910. The van der Waals surface area contributed by atoms with Crippen molar-refractivity contribution in [2.45, 2.75) is 13.0 Å². The zero-order valence-corrected chi connectivity index (χ0v) is 7.33. The summed E-state index contributed by atoms with van der Waals surface area (Å²) in [7, 11) is 0. The van der Waals surface area contributed by atoms with Crippen molar-refractivity contribution in [3.05, 3.63) is 23.8 Å². The second kappa shape index (κ2) is 3.61. The van der Waals surface area contributed by atoms with E-state index in [2.05, 4.69) is 4.74 Å². The van der Waals surface area contributed by atoms with Crippen molar-refractivity contribution in [1.82, 2.24) is 0 Å². The standard InChI is InChI=1S/C9H8F2O3/c1-9(10,11)14-7-4-2-3-6(5-12)8(7)13/h2-5,13H,1H3. The van der Waals surface area contributed by atoms with Gasteiger partial charge >= 0.3 is 6.11 Å². The number of para-hydroxylation sites is 1. The molecule has 0 heterocycles. The molecule has 0 amide bonds. The molecule has 0 fully saturated rings. The van der Waals surface area contributed by atoms with Crippen LogP contribution in [-0.4, -0.2) is 17.5 Å². The van der Waals surface area contributed by atoms with Gasteiger partial charge in [-0.05, 0) is 12.1 Å². The quantitative estimate of drug-likeness (QED) is 0.764. The second-order valence-corrected chi connectivity index (χ2v) is 2.72. The van der Waals surface area contributed by atoms with Crippen LogP contribution in [0.5, 0.6) is 11.5 Å². The maximum Gasteiger partial charge on any atom is 0.395 e. The number of phenols is 1. The number of halogens is 2. The molecular formula is C9H8F2O3. The molecule has 0 aromatic heterocycles. The van der Waals surface area contributed by atoms with Crippen molar-refractivity contribution in [3.8, 4) is 11.5 Å². The number of hydrogen-bond donors (Lipinski definition) is 1. The van der Waals surface area contributed by atoms with Gasteiger partial charge in [0.25, 0.3) is 0 Å². The lowest BCUT2D eigenvalue weighted by atomic mass is 10.2. The molecule has 0 saturated heterocycles. The predicted molar refractivity (Wildman–Crippen MR) is 44.7 cm³/mol. The number of aromatic hydroxyl groups is 1. The first-order chi connectivity index (χ1) is 6.44. The molecule has 0 aliphatic heterocycles. The van der Waals surface area contributed by atoms with Gasteiger partial charge in [0, 0.05) is 6.92 Å². The first-order valence-corrected chi connectivity index (χ1v) is 3.78. The molecule has 1 aromatic rings. The number of benzene rings is 1. The topological polar surface area (TPSA) is 46.5 Å². The molecule has 14 heavy (non-hydrogen) atoms. The number of phenolic OH excluding ortho intramolecular Hbond substituents is 1. The van der Waals surface area contributed by atoms with Crippen molar-refractivity contribution in [2.24, 2.45) is 0 Å². The van der Waals surface area contributed by atoms with Crippen LogP contribution in [0.15, 0.2) is 18.2 Å². The molecule has 5 heteroatoms. The number of aldehydes is 1. The van der Waals surface area contributed by atoms with E-state index in [1.807, 2.05) is 0 Å². The van der Waals surface area contributed by atoms with Crippen LogP contribution < -0.4 is 4.74 Å². The van der Waals surface area contributed by atoms with Crippen molar-refractivity contribution in [1.29, 1.82) is 0 Å². The Balaban J connectivity index is 3.04. The van der Waals surface area contributed by atoms with E-state index in [0.717, 1.165) is 6.07 Å². The highest BCUT2D eigenvalue weighted by Gasteiger charge is 2.25. The Morgan fingerprint density at radius 3 is 2.64 bits per heavy atom. The van der Waals surface area contributed by atoms with Crippen LogP contribution >= 0.6 is 0 Å². The Morgan fingerprint density at radius 1 is 1.50 bits per heavy atom. The number of rotatable bonds is 3. The Labute approximate surface area is 78.9 Å². The van der Waals surface area contributed by atoms with Gasteiger partial charge in [-0.15, -0.1) is 0 Å². The van der Waals surface area contributed by atoms with Crippen molar-refractivity contribution in [3.63, 3.8) is 0 Å². The molecule has 1 rings (SSSR count). The molecule has 76 valence electrons. The molecule has 0 spiro atoms.